The third-order valence-corrected chi connectivity index (χ3v) is 6.21. The Morgan fingerprint density at radius 1 is 0.970 bits per heavy atom. The number of hydrogen-bond acceptors (Lipinski definition) is 3. The molecule has 6 heteroatoms. The van der Waals surface area contributed by atoms with Crippen LogP contribution in [-0.2, 0) is 13.1 Å². The van der Waals surface area contributed by atoms with Crippen molar-refractivity contribution in [1.82, 2.24) is 14.9 Å². The van der Waals surface area contributed by atoms with Gasteiger partial charge in [0.25, 0.3) is 5.91 Å². The fraction of sp³-hybridized carbons (Fsp3) is 0.259. The van der Waals surface area contributed by atoms with Crippen molar-refractivity contribution in [3.05, 3.63) is 93.7 Å². The smallest absolute Gasteiger partial charge is 0.251 e. The average Bonchev–Trinajstić information content (AvgIpc) is 3.17. The Morgan fingerprint density at radius 3 is 2.45 bits per heavy atom. The second kappa shape index (κ2) is 10.7. The van der Waals surface area contributed by atoms with Crippen LogP contribution in [-0.4, -0.2) is 22.1 Å². The monoisotopic (exact) mass is 505 g/mol. The lowest BCUT2D eigenvalue weighted by molar-refractivity contribution is 0.0949. The summed E-state index contributed by atoms with van der Waals surface area (Å²) in [5.74, 6) is 1.74. The molecular formula is C27H28BrN3O2. The average molecular weight is 506 g/mol. The molecule has 0 saturated heterocycles. The van der Waals surface area contributed by atoms with Crippen LogP contribution in [0.4, 0.5) is 0 Å². The Labute approximate surface area is 202 Å². The quantitative estimate of drug-likeness (QED) is 0.275. The van der Waals surface area contributed by atoms with E-state index in [0.717, 1.165) is 46.5 Å². The number of unbranched alkanes of at least 4 members (excludes halogenated alkanes) is 1. The van der Waals surface area contributed by atoms with Crippen molar-refractivity contribution >= 4 is 32.9 Å². The summed E-state index contributed by atoms with van der Waals surface area (Å²) >= 11 is 3.40. The summed E-state index contributed by atoms with van der Waals surface area (Å²) in [4.78, 5) is 17.3. The van der Waals surface area contributed by atoms with Crippen LogP contribution in [0.3, 0.4) is 0 Å². The van der Waals surface area contributed by atoms with E-state index in [-0.39, 0.29) is 5.91 Å². The van der Waals surface area contributed by atoms with Crippen molar-refractivity contribution in [2.24, 2.45) is 0 Å². The number of nitrogens with zero attached hydrogens (tertiary/aromatic N) is 2. The van der Waals surface area contributed by atoms with Crippen LogP contribution in [0.25, 0.3) is 11.0 Å². The van der Waals surface area contributed by atoms with Gasteiger partial charge in [-0.15, -0.1) is 0 Å². The fourth-order valence-electron chi connectivity index (χ4n) is 3.95. The topological polar surface area (TPSA) is 56.1 Å². The maximum Gasteiger partial charge on any atom is 0.251 e. The first-order valence-corrected chi connectivity index (χ1v) is 12.0. The molecule has 0 unspecified atom stereocenters. The number of benzene rings is 3. The van der Waals surface area contributed by atoms with Gasteiger partial charge in [0.15, 0.2) is 0 Å². The highest BCUT2D eigenvalue weighted by Crippen LogP contribution is 2.23. The molecule has 0 bridgehead atoms. The Hall–Kier alpha value is -3.12. The largest absolute Gasteiger partial charge is 0.493 e. The Balaban J connectivity index is 1.38. The van der Waals surface area contributed by atoms with Gasteiger partial charge in [-0.2, -0.15) is 0 Å². The molecule has 0 radical (unpaired) electrons. The highest BCUT2D eigenvalue weighted by molar-refractivity contribution is 9.10. The molecule has 0 aliphatic rings. The number of halogens is 1. The van der Waals surface area contributed by atoms with E-state index in [2.05, 4.69) is 63.9 Å². The number of rotatable bonds is 9. The number of aromatic nitrogens is 2. The predicted octanol–water partition coefficient (Wildman–Crippen LogP) is 6.20. The van der Waals surface area contributed by atoms with E-state index >= 15 is 0 Å². The van der Waals surface area contributed by atoms with Gasteiger partial charge < -0.3 is 14.6 Å². The van der Waals surface area contributed by atoms with E-state index in [9.17, 15) is 4.79 Å². The van der Waals surface area contributed by atoms with Crippen molar-refractivity contribution < 1.29 is 9.53 Å². The van der Waals surface area contributed by atoms with E-state index < -0.39 is 0 Å². The van der Waals surface area contributed by atoms with Gasteiger partial charge in [-0.3, -0.25) is 4.79 Å². The Kier molecular flexibility index (Phi) is 7.45. The maximum absolute atomic E-state index is 12.6. The molecule has 1 aromatic heterocycles. The number of fused-ring (bicyclic) bond motifs is 1. The molecule has 170 valence electrons. The van der Waals surface area contributed by atoms with Crippen molar-refractivity contribution in [2.45, 2.75) is 39.8 Å². The molecule has 0 spiro atoms. The van der Waals surface area contributed by atoms with Gasteiger partial charge >= 0.3 is 0 Å². The van der Waals surface area contributed by atoms with Crippen molar-refractivity contribution in [3.8, 4) is 5.75 Å². The van der Waals surface area contributed by atoms with Crippen molar-refractivity contribution in [1.29, 1.82) is 0 Å². The van der Waals surface area contributed by atoms with Crippen LogP contribution in [0.15, 0.2) is 71.2 Å². The second-order valence-electron chi connectivity index (χ2n) is 8.13. The zero-order valence-electron chi connectivity index (χ0n) is 19.0. The maximum atomic E-state index is 12.6. The molecule has 1 N–H and O–H groups in total. The van der Waals surface area contributed by atoms with Crippen LogP contribution < -0.4 is 10.1 Å². The number of carbonyl (C=O) groups is 1. The molecule has 1 heterocycles. The SMILES string of the molecule is Cc1cccc(C)c1OCCCCn1c(CNC(=O)c2ccc(Br)cc2)nc2ccccc21. The number of carbonyl (C=O) groups excluding carboxylic acids is 1. The molecule has 0 atom stereocenters. The van der Waals surface area contributed by atoms with Crippen molar-refractivity contribution in [3.63, 3.8) is 0 Å². The standard InChI is InChI=1S/C27H28BrN3O2/c1-19-8-7-9-20(2)26(19)33-17-6-5-16-31-24-11-4-3-10-23(24)30-25(31)18-29-27(32)21-12-14-22(28)15-13-21/h3-4,7-15H,5-6,16-18H2,1-2H3,(H,29,32). The van der Waals surface area contributed by atoms with Gasteiger partial charge in [0.1, 0.15) is 11.6 Å². The zero-order chi connectivity index (χ0) is 23.2. The number of amides is 1. The number of imidazole rings is 1. The van der Waals surface area contributed by atoms with Crippen LogP contribution in [0.1, 0.15) is 40.2 Å². The number of nitrogens with one attached hydrogen (secondary N) is 1. The number of aryl methyl sites for hydroxylation is 3. The van der Waals surface area contributed by atoms with Crippen LogP contribution in [0.5, 0.6) is 5.75 Å². The third-order valence-electron chi connectivity index (χ3n) is 5.68. The van der Waals surface area contributed by atoms with Crippen LogP contribution >= 0.6 is 15.9 Å². The molecule has 0 aliphatic carbocycles. The van der Waals surface area contributed by atoms with E-state index in [4.69, 9.17) is 9.72 Å². The molecule has 0 aliphatic heterocycles. The van der Waals surface area contributed by atoms with E-state index in [1.54, 1.807) is 12.1 Å². The Morgan fingerprint density at radius 2 is 1.70 bits per heavy atom. The first kappa shape index (κ1) is 23.1. The molecule has 4 rings (SSSR count). The predicted molar refractivity (Wildman–Crippen MR) is 136 cm³/mol. The molecule has 33 heavy (non-hydrogen) atoms. The van der Waals surface area contributed by atoms with Gasteiger partial charge in [0.2, 0.25) is 0 Å². The van der Waals surface area contributed by atoms with E-state index in [1.807, 2.05) is 30.3 Å². The van der Waals surface area contributed by atoms with Crippen molar-refractivity contribution in [2.75, 3.05) is 6.61 Å². The zero-order valence-corrected chi connectivity index (χ0v) is 20.6. The molecule has 4 aromatic rings. The molecule has 0 fully saturated rings. The highest BCUT2D eigenvalue weighted by Gasteiger charge is 2.12. The minimum atomic E-state index is -0.108. The lowest BCUT2D eigenvalue weighted by Crippen LogP contribution is -2.24. The van der Waals surface area contributed by atoms with E-state index in [0.29, 0.717) is 18.7 Å². The fourth-order valence-corrected chi connectivity index (χ4v) is 4.21. The minimum absolute atomic E-state index is 0.108. The first-order valence-electron chi connectivity index (χ1n) is 11.2. The summed E-state index contributed by atoms with van der Waals surface area (Å²) in [5, 5.41) is 3.01. The summed E-state index contributed by atoms with van der Waals surface area (Å²) in [6.45, 7) is 6.03. The van der Waals surface area contributed by atoms with Gasteiger partial charge in [0.05, 0.1) is 24.2 Å². The van der Waals surface area contributed by atoms with Crippen LogP contribution in [0.2, 0.25) is 0 Å². The lowest BCUT2D eigenvalue weighted by atomic mass is 10.1. The summed E-state index contributed by atoms with van der Waals surface area (Å²) in [6, 6.07) is 21.7. The number of para-hydroxylation sites is 3. The van der Waals surface area contributed by atoms with Gasteiger partial charge in [-0.1, -0.05) is 46.3 Å². The first-order chi connectivity index (χ1) is 16.0. The summed E-state index contributed by atoms with van der Waals surface area (Å²) in [6.07, 6.45) is 1.89. The second-order valence-corrected chi connectivity index (χ2v) is 9.05. The molecule has 0 saturated carbocycles. The minimum Gasteiger partial charge on any atom is -0.493 e. The number of hydrogen-bond donors (Lipinski definition) is 1. The molecule has 5 nitrogen and oxygen atoms in total. The molecule has 3 aromatic carbocycles. The van der Waals surface area contributed by atoms with E-state index in [1.165, 1.54) is 11.1 Å². The van der Waals surface area contributed by atoms with Gasteiger partial charge in [-0.25, -0.2) is 4.98 Å². The highest BCUT2D eigenvalue weighted by atomic mass is 79.9. The summed E-state index contributed by atoms with van der Waals surface area (Å²) in [7, 11) is 0. The van der Waals surface area contributed by atoms with Gasteiger partial charge in [0, 0.05) is 16.6 Å². The lowest BCUT2D eigenvalue weighted by Gasteiger charge is -2.13. The summed E-state index contributed by atoms with van der Waals surface area (Å²) in [5.41, 5.74) is 4.99. The summed E-state index contributed by atoms with van der Waals surface area (Å²) < 4.78 is 9.21. The Bertz CT molecular complexity index is 1230. The molecular weight excluding hydrogens is 478 g/mol. The molecule has 1 amide bonds. The third kappa shape index (κ3) is 5.63. The van der Waals surface area contributed by atoms with Crippen LogP contribution in [0, 0.1) is 13.8 Å². The number of ether oxygens (including phenoxy) is 1. The normalized spacial score (nSPS) is 11.0. The van der Waals surface area contributed by atoms with Gasteiger partial charge in [-0.05, 0) is 74.2 Å².